The van der Waals surface area contributed by atoms with Gasteiger partial charge in [-0.05, 0) is 37.8 Å². The molecule has 4 nitrogen and oxygen atoms in total. The maximum Gasteiger partial charge on any atom is 0.260 e. The summed E-state index contributed by atoms with van der Waals surface area (Å²) in [4.78, 5) is 14.5. The van der Waals surface area contributed by atoms with Crippen molar-refractivity contribution in [1.29, 1.82) is 0 Å². The molecule has 3 rings (SSSR count). The van der Waals surface area contributed by atoms with E-state index in [-0.39, 0.29) is 24.0 Å². The molecule has 0 radical (unpaired) electrons. The highest BCUT2D eigenvalue weighted by Crippen LogP contribution is 2.46. The van der Waals surface area contributed by atoms with Gasteiger partial charge < -0.3 is 14.4 Å². The Morgan fingerprint density at radius 3 is 2.83 bits per heavy atom. The summed E-state index contributed by atoms with van der Waals surface area (Å²) in [6.45, 7) is 1.59. The number of carbonyl (C=O) groups is 1. The van der Waals surface area contributed by atoms with E-state index in [1.165, 1.54) is 6.42 Å². The standard InChI is InChI=1S/C18H23Cl2NO3/c1-23-16-4-2-7-18(16)8-3-9-21(12-18)17(22)11-24-13-5-6-14(19)15(20)10-13/h5-6,10,16H,2-4,7-9,11-12H2,1H3/t16-,18+/m1/s1. The largest absolute Gasteiger partial charge is 0.484 e. The SMILES string of the molecule is CO[C@@H]1CCC[C@@]12CCCN(C(=O)COc1ccc(Cl)c(Cl)c1)C2. The van der Waals surface area contributed by atoms with Gasteiger partial charge in [-0.15, -0.1) is 0 Å². The molecule has 1 aliphatic heterocycles. The quantitative estimate of drug-likeness (QED) is 0.796. The van der Waals surface area contributed by atoms with Crippen molar-refractivity contribution in [2.75, 3.05) is 26.8 Å². The average molecular weight is 372 g/mol. The van der Waals surface area contributed by atoms with E-state index in [9.17, 15) is 4.79 Å². The van der Waals surface area contributed by atoms with E-state index >= 15 is 0 Å². The molecule has 1 spiro atoms. The smallest absolute Gasteiger partial charge is 0.260 e. The van der Waals surface area contributed by atoms with Gasteiger partial charge in [0.05, 0.1) is 16.1 Å². The highest BCUT2D eigenvalue weighted by atomic mass is 35.5. The number of nitrogens with zero attached hydrogens (tertiary/aromatic N) is 1. The number of likely N-dealkylation sites (tertiary alicyclic amines) is 1. The van der Waals surface area contributed by atoms with E-state index in [0.29, 0.717) is 15.8 Å². The first kappa shape index (κ1) is 17.8. The Hall–Kier alpha value is -0.970. The van der Waals surface area contributed by atoms with Crippen LogP contribution in [0.5, 0.6) is 5.75 Å². The van der Waals surface area contributed by atoms with Gasteiger partial charge in [0.15, 0.2) is 6.61 Å². The van der Waals surface area contributed by atoms with Crippen LogP contribution in [0.4, 0.5) is 0 Å². The number of ether oxygens (including phenoxy) is 2. The molecule has 6 heteroatoms. The highest BCUT2D eigenvalue weighted by Gasteiger charge is 2.46. The lowest BCUT2D eigenvalue weighted by Crippen LogP contribution is -2.50. The lowest BCUT2D eigenvalue weighted by molar-refractivity contribution is -0.139. The number of carbonyl (C=O) groups excluding carboxylic acids is 1. The third kappa shape index (κ3) is 3.66. The summed E-state index contributed by atoms with van der Waals surface area (Å²) in [6.07, 6.45) is 5.85. The maximum atomic E-state index is 12.6. The molecule has 1 saturated carbocycles. The molecule has 132 valence electrons. The predicted molar refractivity (Wildman–Crippen MR) is 94.9 cm³/mol. The van der Waals surface area contributed by atoms with Gasteiger partial charge in [0.25, 0.3) is 5.91 Å². The summed E-state index contributed by atoms with van der Waals surface area (Å²) in [6, 6.07) is 5.02. The topological polar surface area (TPSA) is 38.8 Å². The van der Waals surface area contributed by atoms with Crippen molar-refractivity contribution in [2.45, 2.75) is 38.2 Å². The molecular weight excluding hydrogens is 349 g/mol. The Morgan fingerprint density at radius 2 is 2.08 bits per heavy atom. The lowest BCUT2D eigenvalue weighted by Gasteiger charge is -2.43. The Labute approximate surface area is 153 Å². The van der Waals surface area contributed by atoms with Crippen LogP contribution in [0.3, 0.4) is 0 Å². The van der Waals surface area contributed by atoms with Crippen LogP contribution in [0.2, 0.25) is 10.0 Å². The summed E-state index contributed by atoms with van der Waals surface area (Å²) in [7, 11) is 1.78. The van der Waals surface area contributed by atoms with Crippen LogP contribution < -0.4 is 4.74 Å². The fraction of sp³-hybridized carbons (Fsp3) is 0.611. The average Bonchev–Trinajstić information content (AvgIpc) is 2.97. The van der Waals surface area contributed by atoms with E-state index in [0.717, 1.165) is 38.8 Å². The van der Waals surface area contributed by atoms with E-state index in [1.807, 2.05) is 4.90 Å². The van der Waals surface area contributed by atoms with Crippen LogP contribution in [0.1, 0.15) is 32.1 Å². The first-order valence-corrected chi connectivity index (χ1v) is 9.18. The number of hydrogen-bond donors (Lipinski definition) is 0. The van der Waals surface area contributed by atoms with Gasteiger partial charge >= 0.3 is 0 Å². The summed E-state index contributed by atoms with van der Waals surface area (Å²) in [5.74, 6) is 0.571. The van der Waals surface area contributed by atoms with Crippen LogP contribution in [0.25, 0.3) is 0 Å². The number of hydrogen-bond acceptors (Lipinski definition) is 3. The van der Waals surface area contributed by atoms with Gasteiger partial charge in [-0.2, -0.15) is 0 Å². The second-order valence-corrected chi connectivity index (χ2v) is 7.58. The van der Waals surface area contributed by atoms with Crippen molar-refractivity contribution in [3.63, 3.8) is 0 Å². The van der Waals surface area contributed by atoms with Crippen molar-refractivity contribution in [1.82, 2.24) is 4.90 Å². The molecule has 0 aromatic heterocycles. The zero-order chi connectivity index (χ0) is 17.2. The molecular formula is C18H23Cl2NO3. The van der Waals surface area contributed by atoms with E-state index in [1.54, 1.807) is 25.3 Å². The molecule has 1 saturated heterocycles. The fourth-order valence-electron chi connectivity index (χ4n) is 4.12. The summed E-state index contributed by atoms with van der Waals surface area (Å²) < 4.78 is 11.3. The van der Waals surface area contributed by atoms with Crippen LogP contribution in [0.15, 0.2) is 18.2 Å². The van der Waals surface area contributed by atoms with Gasteiger partial charge in [-0.25, -0.2) is 0 Å². The number of halogens is 2. The first-order valence-electron chi connectivity index (χ1n) is 8.42. The number of benzene rings is 1. The van der Waals surface area contributed by atoms with Gasteiger partial charge in [0, 0.05) is 31.7 Å². The van der Waals surface area contributed by atoms with Crippen molar-refractivity contribution < 1.29 is 14.3 Å². The molecule has 0 bridgehead atoms. The molecule has 0 unspecified atom stereocenters. The second kappa shape index (κ2) is 7.51. The zero-order valence-electron chi connectivity index (χ0n) is 13.9. The molecule has 0 N–H and O–H groups in total. The molecule has 1 aliphatic carbocycles. The van der Waals surface area contributed by atoms with Crippen LogP contribution in [-0.2, 0) is 9.53 Å². The van der Waals surface area contributed by atoms with E-state index < -0.39 is 0 Å². The van der Waals surface area contributed by atoms with Gasteiger partial charge in [0.2, 0.25) is 0 Å². The van der Waals surface area contributed by atoms with Crippen molar-refractivity contribution in [2.24, 2.45) is 5.41 Å². The molecule has 1 heterocycles. The molecule has 2 atom stereocenters. The normalized spacial score (nSPS) is 26.8. The zero-order valence-corrected chi connectivity index (χ0v) is 15.4. The molecule has 1 amide bonds. The first-order chi connectivity index (χ1) is 11.5. The minimum atomic E-state index is 0.0156. The van der Waals surface area contributed by atoms with Gasteiger partial charge in [-0.1, -0.05) is 29.6 Å². The van der Waals surface area contributed by atoms with Gasteiger partial charge in [0.1, 0.15) is 5.75 Å². The molecule has 1 aromatic carbocycles. The van der Waals surface area contributed by atoms with Crippen molar-refractivity contribution in [3.05, 3.63) is 28.2 Å². The Kier molecular flexibility index (Phi) is 5.58. The number of methoxy groups -OCH3 is 1. The van der Waals surface area contributed by atoms with Crippen LogP contribution in [-0.4, -0.2) is 43.7 Å². The minimum absolute atomic E-state index is 0.0156. The molecule has 2 fully saturated rings. The Bertz CT molecular complexity index is 610. The molecule has 24 heavy (non-hydrogen) atoms. The van der Waals surface area contributed by atoms with Crippen LogP contribution in [0, 0.1) is 5.41 Å². The molecule has 2 aliphatic rings. The second-order valence-electron chi connectivity index (χ2n) is 6.76. The van der Waals surface area contributed by atoms with Gasteiger partial charge in [-0.3, -0.25) is 4.79 Å². The number of rotatable bonds is 4. The maximum absolute atomic E-state index is 12.6. The van der Waals surface area contributed by atoms with Crippen molar-refractivity contribution in [3.8, 4) is 5.75 Å². The lowest BCUT2D eigenvalue weighted by atomic mass is 9.76. The van der Waals surface area contributed by atoms with Crippen molar-refractivity contribution >= 4 is 29.1 Å². The monoisotopic (exact) mass is 371 g/mol. The Balaban J connectivity index is 1.59. The predicted octanol–water partition coefficient (Wildman–Crippen LogP) is 4.18. The highest BCUT2D eigenvalue weighted by molar-refractivity contribution is 6.42. The minimum Gasteiger partial charge on any atom is -0.484 e. The summed E-state index contributed by atoms with van der Waals surface area (Å²) >= 11 is 11.9. The summed E-state index contributed by atoms with van der Waals surface area (Å²) in [5.41, 5.74) is 0.131. The van der Waals surface area contributed by atoms with Crippen LogP contribution >= 0.6 is 23.2 Å². The summed E-state index contributed by atoms with van der Waals surface area (Å²) in [5, 5.41) is 0.896. The number of amides is 1. The Morgan fingerprint density at radius 1 is 1.29 bits per heavy atom. The third-order valence-corrected chi connectivity index (χ3v) is 6.06. The molecule has 1 aromatic rings. The fourth-order valence-corrected chi connectivity index (χ4v) is 4.41. The van der Waals surface area contributed by atoms with E-state index in [4.69, 9.17) is 32.7 Å². The number of piperidine rings is 1. The van der Waals surface area contributed by atoms with E-state index in [2.05, 4.69) is 0 Å². The third-order valence-electron chi connectivity index (χ3n) is 5.32.